The Bertz CT molecular complexity index is 1000. The van der Waals surface area contributed by atoms with Crippen LogP contribution in [0.5, 0.6) is 11.5 Å². The van der Waals surface area contributed by atoms with Gasteiger partial charge >= 0.3 is 6.03 Å². The topological polar surface area (TPSA) is 84.9 Å². The zero-order chi connectivity index (χ0) is 20.4. The molecule has 0 aromatic heterocycles. The minimum absolute atomic E-state index is 0.135. The Labute approximate surface area is 167 Å². The van der Waals surface area contributed by atoms with E-state index in [4.69, 9.17) is 9.47 Å². The van der Waals surface area contributed by atoms with Crippen LogP contribution in [0, 0.1) is 5.82 Å². The van der Waals surface area contributed by atoms with Crippen LogP contribution in [0.1, 0.15) is 5.56 Å². The Morgan fingerprint density at radius 1 is 1.07 bits per heavy atom. The summed E-state index contributed by atoms with van der Waals surface area (Å²) in [5, 5.41) is 2.11. The number of carbonyl (C=O) groups excluding carboxylic acids is 3. The number of anilines is 1. The van der Waals surface area contributed by atoms with Crippen molar-refractivity contribution in [1.29, 1.82) is 0 Å². The van der Waals surface area contributed by atoms with E-state index < -0.39 is 23.7 Å². The van der Waals surface area contributed by atoms with Gasteiger partial charge in [0.25, 0.3) is 11.8 Å². The number of halogens is 2. The minimum Gasteiger partial charge on any atom is -0.493 e. The van der Waals surface area contributed by atoms with Crippen molar-refractivity contribution < 1.29 is 28.2 Å². The summed E-state index contributed by atoms with van der Waals surface area (Å²) in [5.41, 5.74) is 0.343. The van der Waals surface area contributed by atoms with Gasteiger partial charge in [0.05, 0.1) is 24.4 Å². The molecular weight excluding hydrogens is 435 g/mol. The highest BCUT2D eigenvalue weighted by molar-refractivity contribution is 9.10. The lowest BCUT2D eigenvalue weighted by atomic mass is 10.1. The van der Waals surface area contributed by atoms with E-state index in [1.165, 1.54) is 32.4 Å². The summed E-state index contributed by atoms with van der Waals surface area (Å²) in [6, 6.07) is 7.07. The molecule has 0 aliphatic carbocycles. The van der Waals surface area contributed by atoms with Crippen LogP contribution < -0.4 is 19.7 Å². The third-order valence-corrected chi connectivity index (χ3v) is 4.54. The number of rotatable bonds is 4. The van der Waals surface area contributed by atoms with E-state index >= 15 is 0 Å². The number of carbonyl (C=O) groups is 3. The highest BCUT2D eigenvalue weighted by atomic mass is 79.9. The van der Waals surface area contributed by atoms with Crippen molar-refractivity contribution >= 4 is 45.5 Å². The van der Waals surface area contributed by atoms with Crippen LogP contribution in [-0.2, 0) is 9.59 Å². The minimum atomic E-state index is -0.910. The number of urea groups is 1. The second kappa shape index (κ2) is 7.81. The molecule has 1 aliphatic heterocycles. The van der Waals surface area contributed by atoms with E-state index in [0.29, 0.717) is 21.5 Å². The first-order valence-electron chi connectivity index (χ1n) is 7.94. The van der Waals surface area contributed by atoms with Crippen molar-refractivity contribution in [3.8, 4) is 11.5 Å². The Hall–Kier alpha value is -3.20. The van der Waals surface area contributed by atoms with Gasteiger partial charge in [-0.25, -0.2) is 14.1 Å². The molecule has 1 aliphatic rings. The lowest BCUT2D eigenvalue weighted by Gasteiger charge is -2.26. The molecule has 0 saturated carbocycles. The van der Waals surface area contributed by atoms with Crippen molar-refractivity contribution in [1.82, 2.24) is 5.32 Å². The predicted molar refractivity (Wildman–Crippen MR) is 103 cm³/mol. The second-order valence-corrected chi connectivity index (χ2v) is 6.53. The molecule has 9 heteroatoms. The number of ether oxygens (including phenoxy) is 2. The molecule has 144 valence electrons. The Morgan fingerprint density at radius 3 is 2.36 bits per heavy atom. The van der Waals surface area contributed by atoms with E-state index in [9.17, 15) is 18.8 Å². The molecule has 2 aromatic rings. The highest BCUT2D eigenvalue weighted by Gasteiger charge is 2.36. The molecule has 0 unspecified atom stereocenters. The van der Waals surface area contributed by atoms with Crippen molar-refractivity contribution in [3.05, 3.63) is 57.8 Å². The van der Waals surface area contributed by atoms with Crippen molar-refractivity contribution in [2.45, 2.75) is 0 Å². The Morgan fingerprint density at radius 2 is 1.75 bits per heavy atom. The molecule has 0 atom stereocenters. The van der Waals surface area contributed by atoms with E-state index in [1.54, 1.807) is 12.1 Å². The third kappa shape index (κ3) is 3.61. The van der Waals surface area contributed by atoms with Crippen LogP contribution in [0.15, 0.2) is 46.4 Å². The summed E-state index contributed by atoms with van der Waals surface area (Å²) in [7, 11) is 2.93. The van der Waals surface area contributed by atoms with Crippen LogP contribution >= 0.6 is 15.9 Å². The molecule has 2 aromatic carbocycles. The summed E-state index contributed by atoms with van der Waals surface area (Å²) in [5.74, 6) is -1.34. The van der Waals surface area contributed by atoms with Crippen LogP contribution in [0.2, 0.25) is 0 Å². The first-order chi connectivity index (χ1) is 13.3. The zero-order valence-electron chi connectivity index (χ0n) is 14.8. The molecule has 7 nitrogen and oxygen atoms in total. The molecule has 28 heavy (non-hydrogen) atoms. The fraction of sp³-hybridized carbons (Fsp3) is 0.105. The van der Waals surface area contributed by atoms with Crippen LogP contribution in [-0.4, -0.2) is 32.1 Å². The average molecular weight is 449 g/mol. The SMILES string of the molecule is COc1cc(/C=C2/C(=O)NC(=O)N(c3ccc(F)cc3)C2=O)cc(Br)c1OC. The van der Waals surface area contributed by atoms with E-state index in [2.05, 4.69) is 21.2 Å². The standard InChI is InChI=1S/C19H14BrFN2O5/c1-27-15-9-10(8-14(20)16(15)28-2)7-13-17(24)22-19(26)23(18(13)25)12-5-3-11(21)4-6-12/h3-9H,1-2H3,(H,22,24,26)/b13-7-. The van der Waals surface area contributed by atoms with E-state index in [1.807, 2.05) is 0 Å². The molecule has 0 bridgehead atoms. The lowest BCUT2D eigenvalue weighted by molar-refractivity contribution is -0.122. The molecule has 3 rings (SSSR count). The van der Waals surface area contributed by atoms with Gasteiger partial charge in [-0.15, -0.1) is 0 Å². The molecule has 1 saturated heterocycles. The first kappa shape index (κ1) is 19.6. The van der Waals surface area contributed by atoms with Gasteiger partial charge in [0.15, 0.2) is 11.5 Å². The van der Waals surface area contributed by atoms with Gasteiger partial charge in [-0.05, 0) is 64.0 Å². The molecule has 0 radical (unpaired) electrons. The van der Waals surface area contributed by atoms with Gasteiger partial charge in [-0.2, -0.15) is 0 Å². The van der Waals surface area contributed by atoms with E-state index in [-0.39, 0.29) is 11.3 Å². The first-order valence-corrected chi connectivity index (χ1v) is 8.73. The molecule has 1 fully saturated rings. The maximum atomic E-state index is 13.1. The smallest absolute Gasteiger partial charge is 0.335 e. The number of benzene rings is 2. The molecular formula is C19H14BrFN2O5. The maximum absolute atomic E-state index is 13.1. The monoisotopic (exact) mass is 448 g/mol. The summed E-state index contributed by atoms with van der Waals surface area (Å²) >= 11 is 3.34. The summed E-state index contributed by atoms with van der Waals surface area (Å²) < 4.78 is 24.2. The Kier molecular flexibility index (Phi) is 5.46. The normalized spacial score (nSPS) is 15.6. The number of nitrogens with zero attached hydrogens (tertiary/aromatic N) is 1. The lowest BCUT2D eigenvalue weighted by Crippen LogP contribution is -2.54. The van der Waals surface area contributed by atoms with Gasteiger partial charge in [0.1, 0.15) is 11.4 Å². The summed E-state index contributed by atoms with van der Waals surface area (Å²) in [4.78, 5) is 38.0. The largest absolute Gasteiger partial charge is 0.493 e. The van der Waals surface area contributed by atoms with Gasteiger partial charge in [-0.3, -0.25) is 14.9 Å². The number of nitrogens with one attached hydrogen (secondary N) is 1. The Balaban J connectivity index is 2.04. The summed E-state index contributed by atoms with van der Waals surface area (Å²) in [6.45, 7) is 0. The predicted octanol–water partition coefficient (Wildman–Crippen LogP) is 3.27. The van der Waals surface area contributed by atoms with Crippen molar-refractivity contribution in [3.63, 3.8) is 0 Å². The molecule has 1 N–H and O–H groups in total. The molecule has 4 amide bonds. The van der Waals surface area contributed by atoms with Crippen LogP contribution in [0.3, 0.4) is 0 Å². The van der Waals surface area contributed by atoms with Crippen molar-refractivity contribution in [2.75, 3.05) is 19.1 Å². The van der Waals surface area contributed by atoms with Gasteiger partial charge in [0.2, 0.25) is 0 Å². The van der Waals surface area contributed by atoms with Gasteiger partial charge in [0, 0.05) is 0 Å². The quantitative estimate of drug-likeness (QED) is 0.572. The number of amides is 4. The fourth-order valence-corrected chi connectivity index (χ4v) is 3.29. The number of methoxy groups -OCH3 is 2. The second-order valence-electron chi connectivity index (χ2n) is 5.67. The molecule has 0 spiro atoms. The van der Waals surface area contributed by atoms with Gasteiger partial charge in [-0.1, -0.05) is 0 Å². The third-order valence-electron chi connectivity index (χ3n) is 3.95. The maximum Gasteiger partial charge on any atom is 0.335 e. The number of hydrogen-bond acceptors (Lipinski definition) is 5. The summed E-state index contributed by atoms with van der Waals surface area (Å²) in [6.07, 6.45) is 1.33. The van der Waals surface area contributed by atoms with Crippen LogP contribution in [0.4, 0.5) is 14.9 Å². The van der Waals surface area contributed by atoms with Crippen molar-refractivity contribution in [2.24, 2.45) is 0 Å². The number of hydrogen-bond donors (Lipinski definition) is 1. The number of imide groups is 2. The van der Waals surface area contributed by atoms with Gasteiger partial charge < -0.3 is 9.47 Å². The van der Waals surface area contributed by atoms with E-state index in [0.717, 1.165) is 17.0 Å². The average Bonchev–Trinajstić information content (AvgIpc) is 2.66. The zero-order valence-corrected chi connectivity index (χ0v) is 16.4. The highest BCUT2D eigenvalue weighted by Crippen LogP contribution is 2.37. The van der Waals surface area contributed by atoms with Crippen LogP contribution in [0.25, 0.3) is 6.08 Å². The fourth-order valence-electron chi connectivity index (χ4n) is 2.67. The number of barbiturate groups is 1. The molecule has 1 heterocycles.